The van der Waals surface area contributed by atoms with Gasteiger partial charge in [-0.3, -0.25) is 0 Å². The van der Waals surface area contributed by atoms with Gasteiger partial charge in [-0.15, -0.1) is 0 Å². The summed E-state index contributed by atoms with van der Waals surface area (Å²) in [5.74, 6) is 0.635. The van der Waals surface area contributed by atoms with Gasteiger partial charge in [0.2, 0.25) is 0 Å². The molecular weight excluding hydrogens is 243 g/mol. The molecule has 3 N–H and O–H groups in total. The van der Waals surface area contributed by atoms with Crippen molar-refractivity contribution in [3.8, 4) is 5.75 Å². The van der Waals surface area contributed by atoms with Crippen LogP contribution in [0.15, 0.2) is 12.1 Å². The Morgan fingerprint density at radius 1 is 1.42 bits per heavy atom. The maximum absolute atomic E-state index is 13.7. The van der Waals surface area contributed by atoms with Crippen molar-refractivity contribution in [1.29, 1.82) is 0 Å². The van der Waals surface area contributed by atoms with Gasteiger partial charge in [0.15, 0.2) is 11.6 Å². The highest BCUT2D eigenvalue weighted by atomic mass is 19.1. The van der Waals surface area contributed by atoms with Crippen molar-refractivity contribution in [2.75, 3.05) is 17.7 Å². The maximum Gasteiger partial charge on any atom is 0.167 e. The Hall–Kier alpha value is -1.45. The lowest BCUT2D eigenvalue weighted by Gasteiger charge is -2.17. The first kappa shape index (κ1) is 14.0. The fourth-order valence-electron chi connectivity index (χ4n) is 2.57. The molecule has 19 heavy (non-hydrogen) atoms. The van der Waals surface area contributed by atoms with Crippen LogP contribution in [-0.4, -0.2) is 12.6 Å². The van der Waals surface area contributed by atoms with Crippen LogP contribution in [-0.2, 0) is 0 Å². The Labute approximate surface area is 114 Å². The van der Waals surface area contributed by atoms with Crippen molar-refractivity contribution in [2.45, 2.75) is 45.6 Å². The Balaban J connectivity index is 2.10. The Morgan fingerprint density at radius 3 is 2.84 bits per heavy atom. The van der Waals surface area contributed by atoms with Crippen LogP contribution in [0.3, 0.4) is 0 Å². The van der Waals surface area contributed by atoms with Crippen molar-refractivity contribution in [3.63, 3.8) is 0 Å². The molecule has 2 rings (SSSR count). The van der Waals surface area contributed by atoms with Gasteiger partial charge in [0.1, 0.15) is 0 Å². The van der Waals surface area contributed by atoms with E-state index < -0.39 is 5.82 Å². The van der Waals surface area contributed by atoms with E-state index in [0.717, 1.165) is 30.9 Å². The van der Waals surface area contributed by atoms with Crippen LogP contribution in [0.1, 0.15) is 39.5 Å². The fraction of sp³-hybridized carbons (Fsp3) is 0.600. The molecule has 2 unspecified atom stereocenters. The summed E-state index contributed by atoms with van der Waals surface area (Å²) in [6.07, 6.45) is 4.37. The molecule has 0 bridgehead atoms. The number of nitrogens with two attached hydrogens (primary N) is 1. The zero-order valence-corrected chi connectivity index (χ0v) is 11.7. The highest BCUT2D eigenvalue weighted by Gasteiger charge is 2.22. The van der Waals surface area contributed by atoms with Gasteiger partial charge in [-0.05, 0) is 31.6 Å². The van der Waals surface area contributed by atoms with Gasteiger partial charge in [-0.25, -0.2) is 4.39 Å². The molecule has 1 aromatic rings. The number of rotatable bonds is 5. The van der Waals surface area contributed by atoms with Crippen LogP contribution in [0.4, 0.5) is 15.8 Å². The minimum atomic E-state index is -0.392. The van der Waals surface area contributed by atoms with Crippen LogP contribution in [0.25, 0.3) is 0 Å². The zero-order valence-electron chi connectivity index (χ0n) is 11.7. The van der Waals surface area contributed by atoms with Crippen LogP contribution >= 0.6 is 0 Å². The third-order valence-corrected chi connectivity index (χ3v) is 3.62. The molecule has 3 nitrogen and oxygen atoms in total. The van der Waals surface area contributed by atoms with Crippen LogP contribution in [0, 0.1) is 11.7 Å². The highest BCUT2D eigenvalue weighted by molar-refractivity contribution is 5.69. The summed E-state index contributed by atoms with van der Waals surface area (Å²) in [4.78, 5) is 0. The van der Waals surface area contributed by atoms with Gasteiger partial charge in [0.25, 0.3) is 0 Å². The zero-order chi connectivity index (χ0) is 13.8. The predicted molar refractivity (Wildman–Crippen MR) is 77.0 cm³/mol. The van der Waals surface area contributed by atoms with Crippen LogP contribution in [0.2, 0.25) is 0 Å². The monoisotopic (exact) mass is 266 g/mol. The molecular formula is C15H23FN2O. The number of anilines is 2. The van der Waals surface area contributed by atoms with Gasteiger partial charge in [0.05, 0.1) is 18.0 Å². The van der Waals surface area contributed by atoms with Crippen molar-refractivity contribution >= 4 is 11.4 Å². The lowest BCUT2D eigenvalue weighted by atomic mass is 10.1. The molecule has 0 heterocycles. The molecule has 0 amide bonds. The molecule has 1 aromatic carbocycles. The van der Waals surface area contributed by atoms with Crippen molar-refractivity contribution in [3.05, 3.63) is 17.9 Å². The summed E-state index contributed by atoms with van der Waals surface area (Å²) in [6, 6.07) is 3.46. The lowest BCUT2D eigenvalue weighted by molar-refractivity contribution is 0.301. The summed E-state index contributed by atoms with van der Waals surface area (Å²) in [5, 5.41) is 3.41. The van der Waals surface area contributed by atoms with Crippen LogP contribution in [0.5, 0.6) is 5.75 Å². The molecule has 1 aliphatic carbocycles. The third-order valence-electron chi connectivity index (χ3n) is 3.62. The van der Waals surface area contributed by atoms with Crippen molar-refractivity contribution in [2.24, 2.45) is 5.92 Å². The quantitative estimate of drug-likeness (QED) is 0.797. The number of hydrogen-bond acceptors (Lipinski definition) is 3. The fourth-order valence-corrected chi connectivity index (χ4v) is 2.57. The van der Waals surface area contributed by atoms with E-state index in [2.05, 4.69) is 12.2 Å². The van der Waals surface area contributed by atoms with E-state index in [9.17, 15) is 4.39 Å². The number of nitrogen functional groups attached to an aromatic ring is 1. The van der Waals surface area contributed by atoms with E-state index in [0.29, 0.717) is 18.3 Å². The maximum atomic E-state index is 13.7. The van der Waals surface area contributed by atoms with Crippen LogP contribution < -0.4 is 15.8 Å². The van der Waals surface area contributed by atoms with E-state index >= 15 is 0 Å². The topological polar surface area (TPSA) is 47.3 Å². The Bertz CT molecular complexity index is 436. The SMILES string of the molecule is CCCOc1cc(NC2CCC(C)C2)c(N)cc1F. The standard InChI is InChI=1S/C15H23FN2O/c1-3-6-19-15-9-14(13(17)8-12(15)16)18-11-5-4-10(2)7-11/h8-11,18H,3-7,17H2,1-2H3. The van der Waals surface area contributed by atoms with Gasteiger partial charge >= 0.3 is 0 Å². The smallest absolute Gasteiger partial charge is 0.167 e. The molecule has 2 atom stereocenters. The van der Waals surface area contributed by atoms with E-state index in [1.165, 1.54) is 12.5 Å². The minimum Gasteiger partial charge on any atom is -0.490 e. The summed E-state index contributed by atoms with van der Waals surface area (Å²) in [6.45, 7) is 4.76. The van der Waals surface area contributed by atoms with Gasteiger partial charge in [-0.1, -0.05) is 13.8 Å². The average molecular weight is 266 g/mol. The summed E-state index contributed by atoms with van der Waals surface area (Å²) >= 11 is 0. The number of benzene rings is 1. The van der Waals surface area contributed by atoms with E-state index in [-0.39, 0.29) is 5.75 Å². The molecule has 0 radical (unpaired) electrons. The molecule has 4 heteroatoms. The first-order chi connectivity index (χ1) is 9.10. The number of halogens is 1. The molecule has 0 aliphatic heterocycles. The molecule has 1 aliphatic rings. The molecule has 0 spiro atoms. The number of nitrogens with one attached hydrogen (secondary N) is 1. The largest absolute Gasteiger partial charge is 0.490 e. The average Bonchev–Trinajstić information content (AvgIpc) is 2.77. The first-order valence-corrected chi connectivity index (χ1v) is 7.08. The molecule has 0 aromatic heterocycles. The lowest BCUT2D eigenvalue weighted by Crippen LogP contribution is -2.16. The second-order valence-corrected chi connectivity index (χ2v) is 5.48. The summed E-state index contributed by atoms with van der Waals surface area (Å²) in [7, 11) is 0. The van der Waals surface area contributed by atoms with E-state index in [1.807, 2.05) is 6.92 Å². The highest BCUT2D eigenvalue weighted by Crippen LogP contribution is 2.32. The third kappa shape index (κ3) is 3.52. The summed E-state index contributed by atoms with van der Waals surface area (Å²) < 4.78 is 19.1. The Morgan fingerprint density at radius 2 is 2.21 bits per heavy atom. The van der Waals surface area contributed by atoms with Gasteiger partial charge < -0.3 is 15.8 Å². The van der Waals surface area contributed by atoms with Gasteiger partial charge in [0, 0.05) is 18.2 Å². The van der Waals surface area contributed by atoms with E-state index in [1.54, 1.807) is 6.07 Å². The molecule has 1 saturated carbocycles. The predicted octanol–water partition coefficient (Wildman–Crippen LogP) is 3.80. The minimum absolute atomic E-state index is 0.282. The molecule has 1 fully saturated rings. The normalized spacial score (nSPS) is 22.5. The van der Waals surface area contributed by atoms with Crippen molar-refractivity contribution in [1.82, 2.24) is 0 Å². The van der Waals surface area contributed by atoms with Crippen molar-refractivity contribution < 1.29 is 9.13 Å². The molecule has 0 saturated heterocycles. The summed E-state index contributed by atoms with van der Waals surface area (Å²) in [5.41, 5.74) is 7.10. The second-order valence-electron chi connectivity index (χ2n) is 5.48. The first-order valence-electron chi connectivity index (χ1n) is 7.08. The number of ether oxygens (including phenoxy) is 1. The number of hydrogen-bond donors (Lipinski definition) is 2. The Kier molecular flexibility index (Phi) is 4.51. The van der Waals surface area contributed by atoms with E-state index in [4.69, 9.17) is 10.5 Å². The van der Waals surface area contributed by atoms with Gasteiger partial charge in [-0.2, -0.15) is 0 Å². The second kappa shape index (κ2) is 6.13. The molecule has 106 valence electrons.